The first-order valence-corrected chi connectivity index (χ1v) is 6.42. The van der Waals surface area contributed by atoms with Crippen LogP contribution >= 0.6 is 0 Å². The topological polar surface area (TPSA) is 53.6 Å². The van der Waals surface area contributed by atoms with Crippen molar-refractivity contribution in [3.8, 4) is 0 Å². The zero-order valence-electron chi connectivity index (χ0n) is 11.6. The SMILES string of the molecule is CCc1ccc(NC(N)=NCCCN(C)C)cc1. The maximum atomic E-state index is 5.82. The van der Waals surface area contributed by atoms with Crippen LogP contribution in [0, 0.1) is 0 Å². The van der Waals surface area contributed by atoms with Crippen LogP contribution in [-0.4, -0.2) is 38.0 Å². The molecule has 18 heavy (non-hydrogen) atoms. The van der Waals surface area contributed by atoms with Crippen LogP contribution in [0.3, 0.4) is 0 Å². The van der Waals surface area contributed by atoms with E-state index >= 15 is 0 Å². The number of aliphatic imine (C=N–C) groups is 1. The molecule has 1 aromatic rings. The van der Waals surface area contributed by atoms with E-state index in [4.69, 9.17) is 5.73 Å². The number of aryl methyl sites for hydroxylation is 1. The van der Waals surface area contributed by atoms with E-state index in [9.17, 15) is 0 Å². The summed E-state index contributed by atoms with van der Waals surface area (Å²) in [6, 6.07) is 8.26. The quantitative estimate of drug-likeness (QED) is 0.459. The molecule has 0 unspecified atom stereocenters. The molecule has 4 heteroatoms. The summed E-state index contributed by atoms with van der Waals surface area (Å²) in [7, 11) is 4.11. The average Bonchev–Trinajstić information content (AvgIpc) is 2.35. The molecular weight excluding hydrogens is 224 g/mol. The number of guanidine groups is 1. The monoisotopic (exact) mass is 248 g/mol. The second-order valence-corrected chi connectivity index (χ2v) is 4.60. The normalized spacial score (nSPS) is 11.9. The first-order valence-electron chi connectivity index (χ1n) is 6.42. The van der Waals surface area contributed by atoms with Crippen molar-refractivity contribution >= 4 is 11.6 Å². The Morgan fingerprint density at radius 1 is 1.28 bits per heavy atom. The summed E-state index contributed by atoms with van der Waals surface area (Å²) in [5, 5.41) is 3.10. The third kappa shape index (κ3) is 5.68. The van der Waals surface area contributed by atoms with Gasteiger partial charge in [-0.25, -0.2) is 0 Å². The molecule has 100 valence electrons. The van der Waals surface area contributed by atoms with Gasteiger partial charge >= 0.3 is 0 Å². The van der Waals surface area contributed by atoms with Gasteiger partial charge in [-0.2, -0.15) is 0 Å². The summed E-state index contributed by atoms with van der Waals surface area (Å²) in [4.78, 5) is 6.43. The highest BCUT2D eigenvalue weighted by molar-refractivity contribution is 5.92. The second-order valence-electron chi connectivity index (χ2n) is 4.60. The van der Waals surface area contributed by atoms with Crippen LogP contribution in [0.2, 0.25) is 0 Å². The van der Waals surface area contributed by atoms with Gasteiger partial charge in [0.15, 0.2) is 5.96 Å². The predicted octanol–water partition coefficient (Wildman–Crippen LogP) is 1.93. The van der Waals surface area contributed by atoms with Crippen molar-refractivity contribution in [3.63, 3.8) is 0 Å². The summed E-state index contributed by atoms with van der Waals surface area (Å²) in [5.74, 6) is 0.484. The number of hydrogen-bond donors (Lipinski definition) is 2. The van der Waals surface area contributed by atoms with Gasteiger partial charge in [-0.15, -0.1) is 0 Å². The van der Waals surface area contributed by atoms with Gasteiger partial charge < -0.3 is 16.0 Å². The lowest BCUT2D eigenvalue weighted by Crippen LogP contribution is -2.23. The summed E-state index contributed by atoms with van der Waals surface area (Å²) in [6.45, 7) is 3.93. The van der Waals surface area contributed by atoms with E-state index in [0.717, 1.165) is 31.6 Å². The Labute approximate surface area is 110 Å². The van der Waals surface area contributed by atoms with Gasteiger partial charge in [0.05, 0.1) is 0 Å². The lowest BCUT2D eigenvalue weighted by molar-refractivity contribution is 0.403. The van der Waals surface area contributed by atoms with Crippen molar-refractivity contribution < 1.29 is 0 Å². The second kappa shape index (κ2) is 7.71. The molecule has 0 atom stereocenters. The van der Waals surface area contributed by atoms with Crippen molar-refractivity contribution in [2.75, 3.05) is 32.5 Å². The Kier molecular flexibility index (Phi) is 6.22. The summed E-state index contributed by atoms with van der Waals surface area (Å²) in [5.41, 5.74) is 8.13. The molecule has 3 N–H and O–H groups in total. The highest BCUT2D eigenvalue weighted by Crippen LogP contribution is 2.09. The molecule has 0 bridgehead atoms. The molecule has 4 nitrogen and oxygen atoms in total. The molecule has 0 aliphatic heterocycles. The fourth-order valence-electron chi connectivity index (χ4n) is 1.60. The molecule has 0 aliphatic carbocycles. The van der Waals surface area contributed by atoms with Gasteiger partial charge in [0, 0.05) is 12.2 Å². The summed E-state index contributed by atoms with van der Waals surface area (Å²) >= 11 is 0. The number of benzene rings is 1. The molecule has 0 saturated heterocycles. The highest BCUT2D eigenvalue weighted by atomic mass is 15.1. The van der Waals surface area contributed by atoms with E-state index in [0.29, 0.717) is 5.96 Å². The van der Waals surface area contributed by atoms with Gasteiger partial charge in [0.2, 0.25) is 0 Å². The number of nitrogens with two attached hydrogens (primary N) is 1. The molecule has 0 aromatic heterocycles. The minimum Gasteiger partial charge on any atom is -0.370 e. The molecule has 1 rings (SSSR count). The minimum atomic E-state index is 0.484. The zero-order valence-corrected chi connectivity index (χ0v) is 11.6. The molecule has 0 spiro atoms. The van der Waals surface area contributed by atoms with E-state index in [-0.39, 0.29) is 0 Å². The summed E-state index contributed by atoms with van der Waals surface area (Å²) in [6.07, 6.45) is 2.07. The van der Waals surface area contributed by atoms with E-state index in [1.54, 1.807) is 0 Å². The fraction of sp³-hybridized carbons (Fsp3) is 0.500. The maximum absolute atomic E-state index is 5.82. The number of rotatable bonds is 6. The number of nitrogens with one attached hydrogen (secondary N) is 1. The molecule has 1 aromatic carbocycles. The molecular formula is C14H24N4. The fourth-order valence-corrected chi connectivity index (χ4v) is 1.60. The van der Waals surface area contributed by atoms with Gasteiger partial charge in [-0.1, -0.05) is 19.1 Å². The number of anilines is 1. The Balaban J connectivity index is 2.38. The van der Waals surface area contributed by atoms with E-state index in [2.05, 4.69) is 48.4 Å². The Morgan fingerprint density at radius 3 is 2.50 bits per heavy atom. The number of hydrogen-bond acceptors (Lipinski definition) is 2. The standard InChI is InChI=1S/C14H24N4/c1-4-12-6-8-13(9-7-12)17-14(15)16-10-5-11-18(2)3/h6-9H,4-5,10-11H2,1-3H3,(H3,15,16,17). The largest absolute Gasteiger partial charge is 0.370 e. The Morgan fingerprint density at radius 2 is 1.94 bits per heavy atom. The molecule has 0 radical (unpaired) electrons. The zero-order chi connectivity index (χ0) is 13.4. The van der Waals surface area contributed by atoms with Crippen molar-refractivity contribution in [3.05, 3.63) is 29.8 Å². The molecule has 0 amide bonds. The third-order valence-corrected chi connectivity index (χ3v) is 2.68. The molecule has 0 aliphatic rings. The van der Waals surface area contributed by atoms with Crippen molar-refractivity contribution in [2.24, 2.45) is 10.7 Å². The van der Waals surface area contributed by atoms with E-state index < -0.39 is 0 Å². The first kappa shape index (κ1) is 14.5. The van der Waals surface area contributed by atoms with E-state index in [1.807, 2.05) is 12.1 Å². The van der Waals surface area contributed by atoms with Crippen LogP contribution in [0.15, 0.2) is 29.3 Å². The Hall–Kier alpha value is -1.55. The Bertz CT molecular complexity index is 368. The third-order valence-electron chi connectivity index (χ3n) is 2.68. The van der Waals surface area contributed by atoms with Crippen LogP contribution in [0.5, 0.6) is 0 Å². The van der Waals surface area contributed by atoms with Crippen LogP contribution in [0.4, 0.5) is 5.69 Å². The van der Waals surface area contributed by atoms with Gasteiger partial charge in [-0.05, 0) is 51.2 Å². The minimum absolute atomic E-state index is 0.484. The summed E-state index contributed by atoms with van der Waals surface area (Å²) < 4.78 is 0. The predicted molar refractivity (Wildman–Crippen MR) is 79.1 cm³/mol. The average molecular weight is 248 g/mol. The van der Waals surface area contributed by atoms with Crippen molar-refractivity contribution in [2.45, 2.75) is 19.8 Å². The van der Waals surface area contributed by atoms with E-state index in [1.165, 1.54) is 5.56 Å². The van der Waals surface area contributed by atoms with Crippen LogP contribution in [0.1, 0.15) is 18.9 Å². The molecule has 0 saturated carbocycles. The van der Waals surface area contributed by atoms with Crippen LogP contribution in [0.25, 0.3) is 0 Å². The first-order chi connectivity index (χ1) is 8.61. The molecule has 0 fully saturated rings. The number of nitrogens with zero attached hydrogens (tertiary/aromatic N) is 2. The lowest BCUT2D eigenvalue weighted by atomic mass is 10.1. The van der Waals surface area contributed by atoms with Crippen molar-refractivity contribution in [1.29, 1.82) is 0 Å². The van der Waals surface area contributed by atoms with Gasteiger partial charge in [-0.3, -0.25) is 4.99 Å². The lowest BCUT2D eigenvalue weighted by Gasteiger charge is -2.08. The van der Waals surface area contributed by atoms with Crippen molar-refractivity contribution in [1.82, 2.24) is 4.90 Å². The van der Waals surface area contributed by atoms with Gasteiger partial charge in [0.1, 0.15) is 0 Å². The van der Waals surface area contributed by atoms with Crippen LogP contribution in [-0.2, 0) is 6.42 Å². The van der Waals surface area contributed by atoms with Gasteiger partial charge in [0.25, 0.3) is 0 Å². The highest BCUT2D eigenvalue weighted by Gasteiger charge is 1.95. The molecule has 0 heterocycles. The maximum Gasteiger partial charge on any atom is 0.193 e. The smallest absolute Gasteiger partial charge is 0.193 e. The van der Waals surface area contributed by atoms with Crippen LogP contribution < -0.4 is 11.1 Å².